The molecule has 0 aliphatic heterocycles. The number of ether oxygens (including phenoxy) is 1. The third-order valence-corrected chi connectivity index (χ3v) is 5.95. The number of benzene rings is 2. The first-order valence-corrected chi connectivity index (χ1v) is 11.1. The molecule has 32 heavy (non-hydrogen) atoms. The fraction of sp³-hybridized carbons (Fsp3) is 0.333. The van der Waals surface area contributed by atoms with E-state index in [0.717, 1.165) is 24.1 Å². The summed E-state index contributed by atoms with van der Waals surface area (Å²) in [6.45, 7) is 3.73. The van der Waals surface area contributed by atoms with Gasteiger partial charge in [0, 0.05) is 16.5 Å². The smallest absolute Gasteiger partial charge is 0.417 e. The lowest BCUT2D eigenvalue weighted by Crippen LogP contribution is -2.45. The molecule has 0 radical (unpaired) electrons. The highest BCUT2D eigenvalue weighted by Gasteiger charge is 2.33. The van der Waals surface area contributed by atoms with E-state index in [2.05, 4.69) is 4.72 Å². The molecule has 1 atom stereocenters. The molecule has 2 aromatic rings. The lowest BCUT2D eigenvalue weighted by Gasteiger charge is -2.29. The predicted octanol–water partition coefficient (Wildman–Crippen LogP) is 6.55. The van der Waals surface area contributed by atoms with Crippen LogP contribution in [0.3, 0.4) is 0 Å². The van der Waals surface area contributed by atoms with Crippen LogP contribution in [0.5, 0.6) is 0 Å². The Morgan fingerprint density at radius 1 is 1.16 bits per heavy atom. The molecule has 11 heteroatoms. The number of halogens is 5. The maximum Gasteiger partial charge on any atom is 0.417 e. The van der Waals surface area contributed by atoms with Crippen LogP contribution in [0.25, 0.3) is 0 Å². The van der Waals surface area contributed by atoms with Gasteiger partial charge in [-0.1, -0.05) is 30.1 Å². The lowest BCUT2D eigenvalue weighted by atomic mass is 10.1. The Morgan fingerprint density at radius 2 is 1.84 bits per heavy atom. The number of amides is 1. The van der Waals surface area contributed by atoms with E-state index in [9.17, 15) is 22.8 Å². The number of alkyl halides is 3. The first kappa shape index (κ1) is 26.2. The van der Waals surface area contributed by atoms with Crippen LogP contribution >= 0.6 is 35.1 Å². The largest absolute Gasteiger partial charge is 0.467 e. The van der Waals surface area contributed by atoms with Crippen molar-refractivity contribution in [2.45, 2.75) is 37.4 Å². The number of carbonyl (C=O) groups excluding carboxylic acids is 2. The van der Waals surface area contributed by atoms with Crippen molar-refractivity contribution in [3.8, 4) is 0 Å². The van der Waals surface area contributed by atoms with Crippen LogP contribution in [0.2, 0.25) is 10.0 Å². The monoisotopic (exact) mass is 508 g/mol. The number of likely N-dealkylation sites (N-methyl/N-ethyl adjacent to an activating group) is 1. The molecule has 1 amide bonds. The minimum atomic E-state index is -4.60. The molecule has 0 saturated carbocycles. The summed E-state index contributed by atoms with van der Waals surface area (Å²) in [6, 6.07) is 7.19. The van der Waals surface area contributed by atoms with Gasteiger partial charge in [0.05, 0.1) is 28.9 Å². The van der Waals surface area contributed by atoms with Crippen LogP contribution in [0.4, 0.5) is 18.9 Å². The molecular weight excluding hydrogens is 488 g/mol. The van der Waals surface area contributed by atoms with Gasteiger partial charge in [-0.15, -0.1) is 0 Å². The maximum atomic E-state index is 13.2. The van der Waals surface area contributed by atoms with Crippen molar-refractivity contribution >= 4 is 52.7 Å². The number of hydrogen-bond acceptors (Lipinski definition) is 5. The second-order valence-electron chi connectivity index (χ2n) is 6.57. The van der Waals surface area contributed by atoms with Crippen LogP contribution in [0.15, 0.2) is 41.3 Å². The van der Waals surface area contributed by atoms with E-state index in [1.165, 1.54) is 36.3 Å². The number of rotatable bonds is 8. The summed E-state index contributed by atoms with van der Waals surface area (Å²) < 4.78 is 47.1. The molecule has 174 valence electrons. The van der Waals surface area contributed by atoms with Crippen molar-refractivity contribution in [1.29, 1.82) is 0 Å². The van der Waals surface area contributed by atoms with Crippen molar-refractivity contribution in [3.05, 3.63) is 57.6 Å². The van der Waals surface area contributed by atoms with Gasteiger partial charge in [-0.25, -0.2) is 4.79 Å². The second-order valence-corrected chi connectivity index (χ2v) is 8.30. The van der Waals surface area contributed by atoms with Gasteiger partial charge >= 0.3 is 12.1 Å². The average molecular weight is 509 g/mol. The zero-order valence-corrected chi connectivity index (χ0v) is 19.8. The quantitative estimate of drug-likeness (QED) is 0.323. The minimum absolute atomic E-state index is 0.205. The van der Waals surface area contributed by atoms with Gasteiger partial charge in [0.2, 0.25) is 0 Å². The molecule has 1 unspecified atom stereocenters. The Labute approximate surface area is 198 Å². The Morgan fingerprint density at radius 3 is 2.41 bits per heavy atom. The predicted molar refractivity (Wildman–Crippen MR) is 120 cm³/mol. The summed E-state index contributed by atoms with van der Waals surface area (Å²) in [7, 11) is 1.25. The molecule has 0 fully saturated rings. The number of nitrogens with zero attached hydrogens (tertiary/aromatic N) is 1. The van der Waals surface area contributed by atoms with E-state index in [-0.39, 0.29) is 22.7 Å². The summed E-state index contributed by atoms with van der Waals surface area (Å²) in [6.07, 6.45) is -4.25. The maximum absolute atomic E-state index is 13.2. The molecule has 2 rings (SSSR count). The van der Waals surface area contributed by atoms with E-state index in [1.54, 1.807) is 13.8 Å². The molecule has 0 aliphatic carbocycles. The molecule has 2 aromatic carbocycles. The normalized spacial score (nSPS) is 12.2. The Hall–Kier alpha value is -2.10. The number of carbonyl (C=O) groups is 2. The standard InChI is InChI=1S/C21H21Cl2F3N2O3S/c1-4-18(20(30)31-3)28(5-2)19(29)14-8-6-12(22)10-17(14)27-32-13-7-9-16(23)15(11-13)21(24,25)26/h6-11,18,27H,4-5H2,1-3H3. The van der Waals surface area contributed by atoms with Crippen LogP contribution in [-0.4, -0.2) is 36.5 Å². The number of esters is 1. The van der Waals surface area contributed by atoms with Crippen LogP contribution in [-0.2, 0) is 15.7 Å². The van der Waals surface area contributed by atoms with E-state index in [4.69, 9.17) is 27.9 Å². The molecule has 0 aromatic heterocycles. The molecule has 0 bridgehead atoms. The second kappa shape index (κ2) is 11.2. The number of methoxy groups -OCH3 is 1. The summed E-state index contributed by atoms with van der Waals surface area (Å²) in [5, 5.41) is -0.0905. The molecule has 0 aliphatic rings. The van der Waals surface area contributed by atoms with Gasteiger partial charge in [0.25, 0.3) is 5.91 Å². The number of hydrogen-bond donors (Lipinski definition) is 1. The van der Waals surface area contributed by atoms with Gasteiger partial charge in [-0.3, -0.25) is 4.79 Å². The summed E-state index contributed by atoms with van der Waals surface area (Å²) in [5.41, 5.74) is -0.473. The zero-order chi connectivity index (χ0) is 24.1. The van der Waals surface area contributed by atoms with E-state index >= 15 is 0 Å². The minimum Gasteiger partial charge on any atom is -0.467 e. The van der Waals surface area contributed by atoms with Crippen molar-refractivity contribution < 1.29 is 27.5 Å². The topological polar surface area (TPSA) is 58.6 Å². The van der Waals surface area contributed by atoms with Crippen LogP contribution in [0.1, 0.15) is 36.2 Å². The Kier molecular flexibility index (Phi) is 9.12. The van der Waals surface area contributed by atoms with E-state index in [1.807, 2.05) is 0 Å². The highest BCUT2D eigenvalue weighted by Crippen LogP contribution is 2.37. The molecule has 5 nitrogen and oxygen atoms in total. The first-order chi connectivity index (χ1) is 15.0. The third kappa shape index (κ3) is 6.24. The molecular formula is C21H21Cl2F3N2O3S. The summed E-state index contributed by atoms with van der Waals surface area (Å²) >= 11 is 12.6. The zero-order valence-electron chi connectivity index (χ0n) is 17.4. The van der Waals surface area contributed by atoms with Gasteiger partial charge in [0.15, 0.2) is 0 Å². The van der Waals surface area contributed by atoms with Crippen LogP contribution < -0.4 is 4.72 Å². The molecule has 1 N–H and O–H groups in total. The summed E-state index contributed by atoms with van der Waals surface area (Å²) in [4.78, 5) is 26.9. The number of anilines is 1. The van der Waals surface area contributed by atoms with Crippen molar-refractivity contribution in [1.82, 2.24) is 4.90 Å². The van der Waals surface area contributed by atoms with Gasteiger partial charge in [0.1, 0.15) is 6.04 Å². The summed E-state index contributed by atoms with van der Waals surface area (Å²) in [5.74, 6) is -0.988. The first-order valence-electron chi connectivity index (χ1n) is 9.51. The number of nitrogens with one attached hydrogen (secondary N) is 1. The fourth-order valence-corrected chi connectivity index (χ4v) is 4.10. The van der Waals surface area contributed by atoms with E-state index < -0.39 is 34.7 Å². The third-order valence-electron chi connectivity index (χ3n) is 4.57. The highest BCUT2D eigenvalue weighted by molar-refractivity contribution is 8.00. The fourth-order valence-electron chi connectivity index (χ4n) is 3.00. The molecule has 0 spiro atoms. The average Bonchev–Trinajstić information content (AvgIpc) is 2.75. The van der Waals surface area contributed by atoms with Crippen molar-refractivity contribution in [2.75, 3.05) is 18.4 Å². The molecule has 0 saturated heterocycles. The van der Waals surface area contributed by atoms with Crippen LogP contribution in [0, 0.1) is 0 Å². The van der Waals surface area contributed by atoms with Crippen molar-refractivity contribution in [3.63, 3.8) is 0 Å². The Bertz CT molecular complexity index is 989. The van der Waals surface area contributed by atoms with Gasteiger partial charge in [-0.2, -0.15) is 13.2 Å². The Balaban J connectivity index is 2.34. The van der Waals surface area contributed by atoms with E-state index in [0.29, 0.717) is 11.4 Å². The van der Waals surface area contributed by atoms with Gasteiger partial charge in [-0.05, 0) is 61.7 Å². The van der Waals surface area contributed by atoms with Crippen molar-refractivity contribution in [2.24, 2.45) is 0 Å². The lowest BCUT2D eigenvalue weighted by molar-refractivity contribution is -0.146. The highest BCUT2D eigenvalue weighted by atomic mass is 35.5. The van der Waals surface area contributed by atoms with Gasteiger partial charge < -0.3 is 14.4 Å². The molecule has 0 heterocycles. The SMILES string of the molecule is CCC(C(=O)OC)N(CC)C(=O)c1ccc(Cl)cc1NSc1ccc(Cl)c(C(F)(F)F)c1.